The van der Waals surface area contributed by atoms with Crippen molar-refractivity contribution >= 4 is 28.5 Å². The van der Waals surface area contributed by atoms with Crippen molar-refractivity contribution in [1.82, 2.24) is 15.1 Å². The molecular formula is C17H20N4OS. The van der Waals surface area contributed by atoms with Crippen molar-refractivity contribution in [3.05, 3.63) is 47.0 Å². The summed E-state index contributed by atoms with van der Waals surface area (Å²) in [6.45, 7) is 3.08. The van der Waals surface area contributed by atoms with Crippen LogP contribution in [0.1, 0.15) is 29.8 Å². The van der Waals surface area contributed by atoms with Crippen LogP contribution in [-0.4, -0.2) is 34.1 Å². The van der Waals surface area contributed by atoms with Gasteiger partial charge in [0.15, 0.2) is 0 Å². The lowest BCUT2D eigenvalue weighted by atomic mass is 10.1. The molecule has 2 heterocycles. The van der Waals surface area contributed by atoms with Crippen molar-refractivity contribution in [2.45, 2.75) is 25.8 Å². The number of nitrogens with zero attached hydrogens (tertiary/aromatic N) is 3. The van der Waals surface area contributed by atoms with E-state index in [0.29, 0.717) is 5.13 Å². The lowest BCUT2D eigenvalue weighted by Gasteiger charge is -2.24. The first kappa shape index (κ1) is 15.8. The maximum atomic E-state index is 11.9. The Morgan fingerprint density at radius 3 is 2.74 bits per heavy atom. The third-order valence-corrected chi connectivity index (χ3v) is 4.55. The van der Waals surface area contributed by atoms with E-state index < -0.39 is 0 Å². The van der Waals surface area contributed by atoms with Gasteiger partial charge in [-0.2, -0.15) is 0 Å². The summed E-state index contributed by atoms with van der Waals surface area (Å²) in [5, 5.41) is 12.5. The highest BCUT2D eigenvalue weighted by atomic mass is 32.1. The highest BCUT2D eigenvalue weighted by Gasteiger charge is 2.13. The number of nitrogens with one attached hydrogen (secondary N) is 1. The Labute approximate surface area is 140 Å². The lowest BCUT2D eigenvalue weighted by Crippen LogP contribution is -2.28. The molecule has 5 nitrogen and oxygen atoms in total. The van der Waals surface area contributed by atoms with Crippen molar-refractivity contribution < 1.29 is 4.79 Å². The summed E-state index contributed by atoms with van der Waals surface area (Å²) in [4.78, 5) is 14.3. The first-order valence-electron chi connectivity index (χ1n) is 7.88. The summed E-state index contributed by atoms with van der Waals surface area (Å²) in [5.41, 5.74) is 0.991. The van der Waals surface area contributed by atoms with Crippen molar-refractivity contribution in [2.75, 3.05) is 18.4 Å². The lowest BCUT2D eigenvalue weighted by molar-refractivity contribution is -0.111. The van der Waals surface area contributed by atoms with Gasteiger partial charge in [-0.3, -0.25) is 15.0 Å². The molecule has 3 rings (SSSR count). The molecule has 0 aliphatic carbocycles. The van der Waals surface area contributed by atoms with Crippen LogP contribution >= 0.6 is 11.3 Å². The number of carbonyl (C=O) groups excluding carboxylic acids is 1. The molecule has 0 saturated carbocycles. The fourth-order valence-electron chi connectivity index (χ4n) is 2.56. The fraction of sp³-hybridized carbons (Fsp3) is 0.353. The SMILES string of the molecule is O=C(/C=C/c1ccccc1)Nc1nnc(CN2CCCCC2)s1. The first-order chi connectivity index (χ1) is 11.3. The van der Waals surface area contributed by atoms with E-state index in [1.54, 1.807) is 6.08 Å². The summed E-state index contributed by atoms with van der Waals surface area (Å²) >= 11 is 1.45. The molecule has 0 spiro atoms. The van der Waals surface area contributed by atoms with Crippen LogP contribution in [0.4, 0.5) is 5.13 Å². The molecule has 0 bridgehead atoms. The predicted octanol–water partition coefficient (Wildman–Crippen LogP) is 3.18. The van der Waals surface area contributed by atoms with Crippen molar-refractivity contribution in [3.8, 4) is 0 Å². The highest BCUT2D eigenvalue weighted by molar-refractivity contribution is 7.15. The van der Waals surface area contributed by atoms with Gasteiger partial charge in [-0.05, 0) is 37.6 Å². The number of aromatic nitrogens is 2. The standard InChI is InChI=1S/C17H20N4OS/c22-15(10-9-14-7-3-1-4-8-14)18-17-20-19-16(23-17)13-21-11-5-2-6-12-21/h1,3-4,7-10H,2,5-6,11-13H2,(H,18,20,22)/b10-9+. The van der Waals surface area contributed by atoms with Gasteiger partial charge < -0.3 is 0 Å². The number of amides is 1. The molecule has 0 atom stereocenters. The van der Waals surface area contributed by atoms with Gasteiger partial charge in [-0.1, -0.05) is 48.1 Å². The van der Waals surface area contributed by atoms with Crippen LogP contribution in [0.15, 0.2) is 36.4 Å². The van der Waals surface area contributed by atoms with Crippen LogP contribution in [0.5, 0.6) is 0 Å². The smallest absolute Gasteiger partial charge is 0.250 e. The number of anilines is 1. The average Bonchev–Trinajstić information content (AvgIpc) is 3.02. The molecule has 1 amide bonds. The molecule has 1 aliphatic heterocycles. The molecule has 120 valence electrons. The molecule has 1 fully saturated rings. The van der Waals surface area contributed by atoms with Gasteiger partial charge >= 0.3 is 0 Å². The van der Waals surface area contributed by atoms with E-state index in [2.05, 4.69) is 20.4 Å². The Balaban J connectivity index is 1.52. The number of piperidine rings is 1. The largest absolute Gasteiger partial charge is 0.297 e. The van der Waals surface area contributed by atoms with Crippen LogP contribution in [0.25, 0.3) is 6.08 Å². The third-order valence-electron chi connectivity index (χ3n) is 3.73. The molecule has 6 heteroatoms. The minimum Gasteiger partial charge on any atom is -0.297 e. The molecule has 0 radical (unpaired) electrons. The summed E-state index contributed by atoms with van der Waals surface area (Å²) in [5.74, 6) is -0.186. The molecule has 1 saturated heterocycles. The van der Waals surface area contributed by atoms with Gasteiger partial charge in [0.1, 0.15) is 5.01 Å². The predicted molar refractivity (Wildman–Crippen MR) is 93.1 cm³/mol. The number of hydrogen-bond donors (Lipinski definition) is 1. The van der Waals surface area contributed by atoms with Crippen molar-refractivity contribution in [2.24, 2.45) is 0 Å². The maximum absolute atomic E-state index is 11.9. The minimum absolute atomic E-state index is 0.186. The number of hydrogen-bond acceptors (Lipinski definition) is 5. The maximum Gasteiger partial charge on any atom is 0.250 e. The van der Waals surface area contributed by atoms with Gasteiger partial charge in [-0.25, -0.2) is 0 Å². The van der Waals surface area contributed by atoms with Gasteiger partial charge in [0.25, 0.3) is 0 Å². The summed E-state index contributed by atoms with van der Waals surface area (Å²) < 4.78 is 0. The number of rotatable bonds is 5. The van der Waals surface area contributed by atoms with Crippen LogP contribution in [0.3, 0.4) is 0 Å². The normalized spacial score (nSPS) is 15.8. The fourth-order valence-corrected chi connectivity index (χ4v) is 3.35. The zero-order chi connectivity index (χ0) is 15.9. The van der Waals surface area contributed by atoms with E-state index >= 15 is 0 Å². The molecule has 23 heavy (non-hydrogen) atoms. The Kier molecular flexibility index (Phi) is 5.50. The van der Waals surface area contributed by atoms with Crippen LogP contribution in [-0.2, 0) is 11.3 Å². The Morgan fingerprint density at radius 2 is 1.96 bits per heavy atom. The Bertz CT molecular complexity index is 662. The summed E-state index contributed by atoms with van der Waals surface area (Å²) in [6, 6.07) is 9.73. The zero-order valence-electron chi connectivity index (χ0n) is 12.9. The van der Waals surface area contributed by atoms with Crippen LogP contribution in [0, 0.1) is 0 Å². The molecule has 2 aromatic rings. The van der Waals surface area contributed by atoms with Gasteiger partial charge in [0.2, 0.25) is 11.0 Å². The third kappa shape index (κ3) is 4.97. The van der Waals surface area contributed by atoms with Gasteiger partial charge in [0, 0.05) is 6.08 Å². The molecule has 0 unspecified atom stereocenters. The summed E-state index contributed by atoms with van der Waals surface area (Å²) in [6.07, 6.45) is 7.13. The minimum atomic E-state index is -0.186. The van der Waals surface area contributed by atoms with Crippen LogP contribution < -0.4 is 5.32 Å². The molecule has 1 N–H and O–H groups in total. The van der Waals surface area contributed by atoms with Crippen LogP contribution in [0.2, 0.25) is 0 Å². The topological polar surface area (TPSA) is 58.1 Å². The highest BCUT2D eigenvalue weighted by Crippen LogP contribution is 2.19. The number of likely N-dealkylation sites (tertiary alicyclic amines) is 1. The summed E-state index contributed by atoms with van der Waals surface area (Å²) in [7, 11) is 0. The van der Waals surface area contributed by atoms with Crippen molar-refractivity contribution in [1.29, 1.82) is 0 Å². The van der Waals surface area contributed by atoms with Crippen molar-refractivity contribution in [3.63, 3.8) is 0 Å². The van der Waals surface area contributed by atoms with Gasteiger partial charge in [0.05, 0.1) is 6.54 Å². The van der Waals surface area contributed by atoms with E-state index in [1.807, 2.05) is 30.3 Å². The van der Waals surface area contributed by atoms with E-state index in [4.69, 9.17) is 0 Å². The van der Waals surface area contributed by atoms with E-state index in [9.17, 15) is 4.79 Å². The number of benzene rings is 1. The zero-order valence-corrected chi connectivity index (χ0v) is 13.8. The average molecular weight is 328 g/mol. The monoisotopic (exact) mass is 328 g/mol. The van der Waals surface area contributed by atoms with E-state index in [1.165, 1.54) is 36.7 Å². The number of carbonyl (C=O) groups is 1. The molecule has 1 aliphatic rings. The first-order valence-corrected chi connectivity index (χ1v) is 8.70. The molecular weight excluding hydrogens is 308 g/mol. The molecule has 1 aromatic carbocycles. The molecule has 1 aromatic heterocycles. The second kappa shape index (κ2) is 7.99. The Hall–Kier alpha value is -2.05. The second-order valence-electron chi connectivity index (χ2n) is 5.57. The van der Waals surface area contributed by atoms with Gasteiger partial charge in [-0.15, -0.1) is 10.2 Å². The quantitative estimate of drug-likeness (QED) is 0.857. The second-order valence-corrected chi connectivity index (χ2v) is 6.63. The van der Waals surface area contributed by atoms with E-state index in [0.717, 1.165) is 30.2 Å². The Morgan fingerprint density at radius 1 is 1.17 bits per heavy atom. The van der Waals surface area contributed by atoms with E-state index in [-0.39, 0.29) is 5.91 Å².